The van der Waals surface area contributed by atoms with Crippen LogP contribution in [0.5, 0.6) is 0 Å². The van der Waals surface area contributed by atoms with Crippen LogP contribution in [-0.2, 0) is 26.0 Å². The lowest BCUT2D eigenvalue weighted by atomic mass is 9.89. The Kier molecular flexibility index (Phi) is 6.97. The number of fused-ring (bicyclic) bond motifs is 1. The molecule has 2 aromatic carbocycles. The van der Waals surface area contributed by atoms with Crippen molar-refractivity contribution in [3.8, 4) is 27.8 Å². The van der Waals surface area contributed by atoms with Gasteiger partial charge in [0.15, 0.2) is 0 Å². The number of aromatic nitrogens is 1. The lowest BCUT2D eigenvalue weighted by Gasteiger charge is -2.20. The van der Waals surface area contributed by atoms with Gasteiger partial charge in [0.25, 0.3) is 10.0 Å². The lowest BCUT2D eigenvalue weighted by Crippen LogP contribution is -2.27. The molecule has 3 heterocycles. The Labute approximate surface area is 235 Å². The summed E-state index contributed by atoms with van der Waals surface area (Å²) in [4.78, 5) is 14.7. The Morgan fingerprint density at radius 3 is 2.46 bits per heavy atom. The molecule has 5 rings (SSSR count). The van der Waals surface area contributed by atoms with E-state index >= 15 is 0 Å². The van der Waals surface area contributed by atoms with E-state index in [-0.39, 0.29) is 10.9 Å². The van der Waals surface area contributed by atoms with Crippen LogP contribution in [0.2, 0.25) is 0 Å². The van der Waals surface area contributed by atoms with Crippen molar-refractivity contribution in [3.05, 3.63) is 87.4 Å². The average Bonchev–Trinajstić information content (AvgIpc) is 3.64. The summed E-state index contributed by atoms with van der Waals surface area (Å²) in [5, 5.41) is 12.5. The second-order valence-corrected chi connectivity index (χ2v) is 13.8. The molecule has 6 nitrogen and oxygen atoms in total. The topological polar surface area (TPSA) is 89.2 Å². The number of nitrogens with zero attached hydrogens (tertiary/aromatic N) is 2. The highest BCUT2D eigenvalue weighted by molar-refractivity contribution is 7.90. The summed E-state index contributed by atoms with van der Waals surface area (Å²) in [6.07, 6.45) is 0.437. The number of carbonyl (C=O) groups is 1. The first kappa shape index (κ1) is 26.9. The van der Waals surface area contributed by atoms with Crippen molar-refractivity contribution in [3.63, 3.8) is 0 Å². The number of carbonyl (C=O) groups excluding carboxylic acids is 1. The fourth-order valence-corrected chi connectivity index (χ4v) is 8.31. The number of benzene rings is 2. The van der Waals surface area contributed by atoms with Gasteiger partial charge in [0.05, 0.1) is 33.5 Å². The zero-order valence-electron chi connectivity index (χ0n) is 21.9. The molecule has 39 heavy (non-hydrogen) atoms. The summed E-state index contributed by atoms with van der Waals surface area (Å²) >= 11 is 2.76. The van der Waals surface area contributed by atoms with E-state index in [9.17, 15) is 18.5 Å². The van der Waals surface area contributed by atoms with Crippen molar-refractivity contribution in [1.29, 1.82) is 5.26 Å². The van der Waals surface area contributed by atoms with E-state index in [2.05, 4.69) is 6.07 Å². The van der Waals surface area contributed by atoms with Gasteiger partial charge >= 0.3 is 5.97 Å². The van der Waals surface area contributed by atoms with Gasteiger partial charge in [-0.25, -0.2) is 12.4 Å². The first-order valence-electron chi connectivity index (χ1n) is 12.2. The minimum Gasteiger partial charge on any atom is -0.469 e. The molecule has 0 unspecified atom stereocenters. The molecule has 3 aromatic heterocycles. The number of esters is 1. The van der Waals surface area contributed by atoms with Crippen molar-refractivity contribution < 1.29 is 17.9 Å². The third kappa shape index (κ3) is 4.69. The van der Waals surface area contributed by atoms with Crippen LogP contribution in [-0.4, -0.2) is 25.5 Å². The number of methoxy groups -OCH3 is 1. The predicted molar refractivity (Wildman–Crippen MR) is 157 cm³/mol. The smallest absolute Gasteiger partial charge is 0.311 e. The molecule has 0 N–H and O–H groups in total. The van der Waals surface area contributed by atoms with E-state index < -0.39 is 15.4 Å². The quantitative estimate of drug-likeness (QED) is 0.191. The standard InChI is InChI=1S/C30H26N2O4S3/c1-19-9-12-21(13-10-19)39(34,35)32-24-8-6-5-7-22(24)27(23-15-16-37-26(23)18-31)28(32)25-14-11-20(38-25)17-30(2,3)29(33)36-4/h5-16H,17H2,1-4H3. The van der Waals surface area contributed by atoms with Gasteiger partial charge in [-0.3, -0.25) is 4.79 Å². The summed E-state index contributed by atoms with van der Waals surface area (Å²) in [5.41, 5.74) is 2.63. The fourth-order valence-electron chi connectivity index (χ4n) is 4.75. The molecule has 0 amide bonds. The fraction of sp³-hybridized carbons (Fsp3) is 0.200. The van der Waals surface area contributed by atoms with E-state index in [4.69, 9.17) is 4.74 Å². The number of rotatable bonds is 7. The van der Waals surface area contributed by atoms with Crippen molar-refractivity contribution in [1.82, 2.24) is 3.97 Å². The van der Waals surface area contributed by atoms with Crippen LogP contribution in [0.15, 0.2) is 77.0 Å². The van der Waals surface area contributed by atoms with Crippen LogP contribution in [0.25, 0.3) is 32.6 Å². The van der Waals surface area contributed by atoms with E-state index in [1.165, 1.54) is 33.8 Å². The third-order valence-electron chi connectivity index (χ3n) is 6.68. The van der Waals surface area contributed by atoms with Gasteiger partial charge in [-0.1, -0.05) is 35.9 Å². The molecule has 0 atom stereocenters. The highest BCUT2D eigenvalue weighted by Crippen LogP contribution is 2.47. The van der Waals surface area contributed by atoms with Gasteiger partial charge in [0, 0.05) is 21.4 Å². The van der Waals surface area contributed by atoms with Crippen molar-refractivity contribution in [2.24, 2.45) is 5.41 Å². The van der Waals surface area contributed by atoms with Crippen LogP contribution in [0, 0.1) is 23.7 Å². The van der Waals surface area contributed by atoms with Crippen LogP contribution in [0.3, 0.4) is 0 Å². The lowest BCUT2D eigenvalue weighted by molar-refractivity contribution is -0.150. The van der Waals surface area contributed by atoms with E-state index in [1.807, 2.05) is 62.5 Å². The van der Waals surface area contributed by atoms with E-state index in [1.54, 1.807) is 30.3 Å². The van der Waals surface area contributed by atoms with Crippen LogP contribution in [0.1, 0.15) is 29.2 Å². The molecule has 198 valence electrons. The normalized spacial score (nSPS) is 12.0. The number of hydrogen-bond donors (Lipinski definition) is 0. The second kappa shape index (κ2) is 10.1. The molecule has 0 bridgehead atoms. The van der Waals surface area contributed by atoms with Gasteiger partial charge in [-0.05, 0) is 69.0 Å². The zero-order chi connectivity index (χ0) is 27.9. The Morgan fingerprint density at radius 2 is 1.77 bits per heavy atom. The molecule has 0 saturated carbocycles. The monoisotopic (exact) mass is 574 g/mol. The molecular formula is C30H26N2O4S3. The molecular weight excluding hydrogens is 549 g/mol. The first-order valence-corrected chi connectivity index (χ1v) is 15.3. The molecule has 0 spiro atoms. The van der Waals surface area contributed by atoms with Gasteiger partial charge < -0.3 is 4.74 Å². The van der Waals surface area contributed by atoms with Gasteiger partial charge in [-0.15, -0.1) is 22.7 Å². The highest BCUT2D eigenvalue weighted by atomic mass is 32.2. The molecule has 0 aliphatic heterocycles. The predicted octanol–water partition coefficient (Wildman–Crippen LogP) is 7.26. The van der Waals surface area contributed by atoms with Crippen molar-refractivity contribution in [2.75, 3.05) is 7.11 Å². The van der Waals surface area contributed by atoms with Gasteiger partial charge in [-0.2, -0.15) is 5.26 Å². The maximum Gasteiger partial charge on any atom is 0.311 e. The summed E-state index contributed by atoms with van der Waals surface area (Å²) in [5.74, 6) is -0.314. The van der Waals surface area contributed by atoms with Crippen LogP contribution >= 0.6 is 22.7 Å². The van der Waals surface area contributed by atoms with Crippen molar-refractivity contribution in [2.45, 2.75) is 32.1 Å². The molecule has 0 radical (unpaired) electrons. The summed E-state index contributed by atoms with van der Waals surface area (Å²) in [6, 6.07) is 22.1. The Balaban J connectivity index is 1.83. The SMILES string of the molecule is COC(=O)C(C)(C)Cc1ccc(-c2c(-c3ccsc3C#N)c3ccccc3n2S(=O)(=O)c2ccc(C)cc2)s1. The number of nitriles is 1. The molecule has 0 aliphatic carbocycles. The minimum absolute atomic E-state index is 0.177. The maximum absolute atomic E-state index is 14.3. The molecule has 5 aromatic rings. The number of ether oxygens (including phenoxy) is 1. The summed E-state index contributed by atoms with van der Waals surface area (Å²) in [7, 11) is -2.65. The molecule has 9 heteroatoms. The van der Waals surface area contributed by atoms with E-state index in [0.717, 1.165) is 20.7 Å². The van der Waals surface area contributed by atoms with Gasteiger partial charge in [0.2, 0.25) is 0 Å². The largest absolute Gasteiger partial charge is 0.469 e. The Bertz CT molecular complexity index is 1850. The van der Waals surface area contributed by atoms with E-state index in [0.29, 0.717) is 33.6 Å². The van der Waals surface area contributed by atoms with Crippen molar-refractivity contribution >= 4 is 49.6 Å². The van der Waals surface area contributed by atoms with Crippen LogP contribution in [0.4, 0.5) is 0 Å². The summed E-state index contributed by atoms with van der Waals surface area (Å²) in [6.45, 7) is 5.56. The molecule has 0 aliphatic rings. The second-order valence-electron chi connectivity index (χ2n) is 9.92. The highest BCUT2D eigenvalue weighted by Gasteiger charge is 2.32. The Morgan fingerprint density at radius 1 is 1.05 bits per heavy atom. The number of hydrogen-bond acceptors (Lipinski definition) is 7. The number of aryl methyl sites for hydroxylation is 1. The molecule has 0 saturated heterocycles. The van der Waals surface area contributed by atoms with Gasteiger partial charge in [0.1, 0.15) is 10.9 Å². The number of para-hydroxylation sites is 1. The Hall–Kier alpha value is -3.71. The zero-order valence-corrected chi connectivity index (χ0v) is 24.3. The van der Waals surface area contributed by atoms with Crippen LogP contribution < -0.4 is 0 Å². The minimum atomic E-state index is -4.02. The molecule has 0 fully saturated rings. The summed E-state index contributed by atoms with van der Waals surface area (Å²) < 4.78 is 35.0. The third-order valence-corrected chi connectivity index (χ3v) is 10.3. The average molecular weight is 575 g/mol. The maximum atomic E-state index is 14.3. The number of thiophene rings is 2. The first-order chi connectivity index (χ1) is 18.6.